The van der Waals surface area contributed by atoms with Crippen LogP contribution in [0.3, 0.4) is 0 Å². The average Bonchev–Trinajstić information content (AvgIpc) is 2.81. The predicted molar refractivity (Wildman–Crippen MR) is 118 cm³/mol. The number of esters is 1. The smallest absolute Gasteiger partial charge is 0.359 e. The van der Waals surface area contributed by atoms with Crippen LogP contribution in [0.1, 0.15) is 74.7 Å². The summed E-state index contributed by atoms with van der Waals surface area (Å²) in [5.41, 5.74) is -0.212. The Morgan fingerprint density at radius 3 is 2.10 bits per heavy atom. The van der Waals surface area contributed by atoms with Gasteiger partial charge in [0.25, 0.3) is 11.5 Å². The second-order valence-corrected chi connectivity index (χ2v) is 8.78. The zero-order valence-electron chi connectivity index (χ0n) is 18.2. The Kier molecular flexibility index (Phi) is 6.68. The third-order valence-corrected chi connectivity index (χ3v) is 6.70. The maximum Gasteiger partial charge on any atom is 0.359 e. The van der Waals surface area contributed by atoms with Crippen molar-refractivity contribution in [1.82, 2.24) is 14.7 Å². The molecular formula is C24H31N3O4. The van der Waals surface area contributed by atoms with Gasteiger partial charge in [0, 0.05) is 24.5 Å². The van der Waals surface area contributed by atoms with E-state index in [2.05, 4.69) is 5.10 Å². The lowest BCUT2D eigenvalue weighted by molar-refractivity contribution is -0.141. The first-order valence-electron chi connectivity index (χ1n) is 11.5. The molecule has 2 saturated carbocycles. The van der Waals surface area contributed by atoms with Crippen molar-refractivity contribution in [2.24, 2.45) is 7.05 Å². The number of hydrogen-bond donors (Lipinski definition) is 0. The molecule has 31 heavy (non-hydrogen) atoms. The lowest BCUT2D eigenvalue weighted by atomic mass is 9.88. The van der Waals surface area contributed by atoms with E-state index in [0.717, 1.165) is 56.0 Å². The molecule has 2 fully saturated rings. The van der Waals surface area contributed by atoms with Crippen molar-refractivity contribution in [1.29, 1.82) is 0 Å². The number of aryl methyl sites for hydroxylation is 1. The van der Waals surface area contributed by atoms with Gasteiger partial charge < -0.3 is 9.64 Å². The first-order valence-corrected chi connectivity index (χ1v) is 11.5. The number of hydrogen-bond acceptors (Lipinski definition) is 5. The van der Waals surface area contributed by atoms with Crippen molar-refractivity contribution in [2.75, 3.05) is 6.61 Å². The summed E-state index contributed by atoms with van der Waals surface area (Å²) in [5, 5.41) is 4.96. The van der Waals surface area contributed by atoms with Crippen LogP contribution >= 0.6 is 0 Å². The number of nitrogens with zero attached hydrogens (tertiary/aromatic N) is 3. The Balaban J connectivity index is 1.51. The van der Waals surface area contributed by atoms with Crippen LogP contribution in [0, 0.1) is 0 Å². The van der Waals surface area contributed by atoms with E-state index in [9.17, 15) is 14.4 Å². The van der Waals surface area contributed by atoms with Crippen molar-refractivity contribution in [3.8, 4) is 0 Å². The number of aromatic nitrogens is 2. The summed E-state index contributed by atoms with van der Waals surface area (Å²) in [6, 6.07) is 7.33. The summed E-state index contributed by atoms with van der Waals surface area (Å²) >= 11 is 0. The molecule has 1 heterocycles. The molecule has 0 radical (unpaired) electrons. The van der Waals surface area contributed by atoms with E-state index in [1.54, 1.807) is 24.3 Å². The fraction of sp³-hybridized carbons (Fsp3) is 0.583. The predicted octanol–water partition coefficient (Wildman–Crippen LogP) is 3.58. The lowest BCUT2D eigenvalue weighted by Crippen LogP contribution is -2.50. The molecule has 0 aliphatic heterocycles. The molecule has 0 unspecified atom stereocenters. The van der Waals surface area contributed by atoms with Crippen molar-refractivity contribution >= 4 is 22.6 Å². The maximum atomic E-state index is 13.2. The molecule has 2 aliphatic carbocycles. The molecule has 4 rings (SSSR count). The fourth-order valence-corrected chi connectivity index (χ4v) is 5.14. The third-order valence-electron chi connectivity index (χ3n) is 6.70. The summed E-state index contributed by atoms with van der Waals surface area (Å²) in [6.07, 6.45) is 11.2. The molecule has 7 nitrogen and oxygen atoms in total. The Bertz CT molecular complexity index is 986. The highest BCUT2D eigenvalue weighted by molar-refractivity contribution is 6.02. The van der Waals surface area contributed by atoms with Crippen LogP contribution in [0.4, 0.5) is 0 Å². The number of carbonyl (C=O) groups is 2. The van der Waals surface area contributed by atoms with Crippen LogP contribution in [-0.2, 0) is 16.6 Å². The topological polar surface area (TPSA) is 81.5 Å². The molecule has 1 amide bonds. The standard InChI is InChI=1S/C24H31N3O4/c1-26-23(29)20-15-9-8-14-19(20)22(25-26)24(30)31-16-21(28)27(17-10-4-2-5-11-17)18-12-6-3-7-13-18/h8-9,14-15,17-18H,2-7,10-13,16H2,1H3. The molecular weight excluding hydrogens is 394 g/mol. The number of amides is 1. The van der Waals surface area contributed by atoms with Crippen molar-refractivity contribution in [3.63, 3.8) is 0 Å². The monoisotopic (exact) mass is 425 g/mol. The zero-order chi connectivity index (χ0) is 21.8. The minimum absolute atomic E-state index is 0.0624. The summed E-state index contributed by atoms with van der Waals surface area (Å²) < 4.78 is 6.58. The summed E-state index contributed by atoms with van der Waals surface area (Å²) in [7, 11) is 1.50. The van der Waals surface area contributed by atoms with E-state index in [0.29, 0.717) is 10.8 Å². The van der Waals surface area contributed by atoms with Gasteiger partial charge in [-0.15, -0.1) is 0 Å². The molecule has 0 spiro atoms. The number of fused-ring (bicyclic) bond motifs is 1. The van der Waals surface area contributed by atoms with Gasteiger partial charge in [-0.3, -0.25) is 9.59 Å². The van der Waals surface area contributed by atoms with Gasteiger partial charge in [0.15, 0.2) is 12.3 Å². The molecule has 2 aromatic rings. The third kappa shape index (κ3) is 4.65. The molecule has 1 aromatic heterocycles. The number of ether oxygens (including phenoxy) is 1. The van der Waals surface area contributed by atoms with Gasteiger partial charge >= 0.3 is 5.97 Å². The van der Waals surface area contributed by atoms with Crippen LogP contribution in [0.5, 0.6) is 0 Å². The van der Waals surface area contributed by atoms with Crippen molar-refractivity contribution in [2.45, 2.75) is 76.3 Å². The van der Waals surface area contributed by atoms with Gasteiger partial charge in [-0.2, -0.15) is 5.10 Å². The Labute approximate surface area is 182 Å². The normalized spacial score (nSPS) is 18.1. The van der Waals surface area contributed by atoms with E-state index in [4.69, 9.17) is 4.74 Å². The molecule has 0 saturated heterocycles. The highest BCUT2D eigenvalue weighted by atomic mass is 16.5. The quantitative estimate of drug-likeness (QED) is 0.684. The molecule has 0 bridgehead atoms. The van der Waals surface area contributed by atoms with E-state index in [1.165, 1.54) is 19.9 Å². The summed E-state index contributed by atoms with van der Waals surface area (Å²) in [5.74, 6) is -0.784. The molecule has 7 heteroatoms. The fourth-order valence-electron chi connectivity index (χ4n) is 5.14. The zero-order valence-corrected chi connectivity index (χ0v) is 18.2. The van der Waals surface area contributed by atoms with Gasteiger partial charge in [-0.1, -0.05) is 56.7 Å². The number of benzene rings is 1. The van der Waals surface area contributed by atoms with E-state index < -0.39 is 5.97 Å². The van der Waals surface area contributed by atoms with E-state index in [1.807, 2.05) is 4.90 Å². The van der Waals surface area contributed by atoms with Crippen LogP contribution in [0.15, 0.2) is 29.1 Å². The number of rotatable bonds is 5. The Morgan fingerprint density at radius 1 is 0.968 bits per heavy atom. The second-order valence-electron chi connectivity index (χ2n) is 8.78. The van der Waals surface area contributed by atoms with Gasteiger partial charge in [0.1, 0.15) is 0 Å². The van der Waals surface area contributed by atoms with Crippen molar-refractivity contribution < 1.29 is 14.3 Å². The minimum atomic E-state index is -0.674. The lowest BCUT2D eigenvalue weighted by Gasteiger charge is -2.41. The van der Waals surface area contributed by atoms with Crippen LogP contribution in [0.2, 0.25) is 0 Å². The van der Waals surface area contributed by atoms with Gasteiger partial charge in [-0.05, 0) is 31.7 Å². The van der Waals surface area contributed by atoms with E-state index >= 15 is 0 Å². The minimum Gasteiger partial charge on any atom is -0.451 e. The van der Waals surface area contributed by atoms with Crippen LogP contribution < -0.4 is 5.56 Å². The van der Waals surface area contributed by atoms with Gasteiger partial charge in [-0.25, -0.2) is 9.48 Å². The first kappa shape index (κ1) is 21.5. The van der Waals surface area contributed by atoms with Crippen LogP contribution in [-0.4, -0.2) is 45.2 Å². The molecule has 1 aromatic carbocycles. The SMILES string of the molecule is Cn1nc(C(=O)OCC(=O)N(C2CCCCC2)C2CCCCC2)c2ccccc2c1=O. The second kappa shape index (κ2) is 9.62. The van der Waals surface area contributed by atoms with Crippen LogP contribution in [0.25, 0.3) is 10.8 Å². The summed E-state index contributed by atoms with van der Waals surface area (Å²) in [6.45, 7) is -0.287. The largest absolute Gasteiger partial charge is 0.451 e. The highest BCUT2D eigenvalue weighted by Crippen LogP contribution is 2.30. The maximum absolute atomic E-state index is 13.2. The average molecular weight is 426 g/mol. The highest BCUT2D eigenvalue weighted by Gasteiger charge is 2.33. The number of carbonyl (C=O) groups excluding carboxylic acids is 2. The van der Waals surface area contributed by atoms with Gasteiger partial charge in [0.05, 0.1) is 5.39 Å². The molecule has 166 valence electrons. The molecule has 0 N–H and O–H groups in total. The summed E-state index contributed by atoms with van der Waals surface area (Å²) in [4.78, 5) is 40.4. The van der Waals surface area contributed by atoms with Crippen molar-refractivity contribution in [3.05, 3.63) is 40.3 Å². The molecule has 0 atom stereocenters. The van der Waals surface area contributed by atoms with Gasteiger partial charge in [0.2, 0.25) is 0 Å². The molecule has 2 aliphatic rings. The Hall–Kier alpha value is -2.70. The van der Waals surface area contributed by atoms with E-state index in [-0.39, 0.29) is 35.9 Å². The first-order chi connectivity index (χ1) is 15.1. The Morgan fingerprint density at radius 2 is 1.52 bits per heavy atom.